The highest BCUT2D eigenvalue weighted by atomic mass is 35.5. The summed E-state index contributed by atoms with van der Waals surface area (Å²) in [6.45, 7) is 0.313. The first-order valence-electron chi connectivity index (χ1n) is 8.64. The monoisotopic (exact) mass is 432 g/mol. The number of amides is 1. The summed E-state index contributed by atoms with van der Waals surface area (Å²) in [5.41, 5.74) is 0.981. The third-order valence-corrected chi connectivity index (χ3v) is 5.99. The number of carbonyl (C=O) groups is 1. The second-order valence-electron chi connectivity index (χ2n) is 6.36. The van der Waals surface area contributed by atoms with Crippen LogP contribution < -0.4 is 4.72 Å². The molecule has 29 heavy (non-hydrogen) atoms. The van der Waals surface area contributed by atoms with Crippen LogP contribution in [-0.4, -0.2) is 26.3 Å². The molecule has 0 saturated heterocycles. The Morgan fingerprint density at radius 3 is 2.28 bits per heavy atom. The van der Waals surface area contributed by atoms with Gasteiger partial charge in [0.2, 0.25) is 0 Å². The largest absolute Gasteiger partial charge is 0.337 e. The summed E-state index contributed by atoms with van der Waals surface area (Å²) in [4.78, 5) is 14.0. The molecular formula is C21H18ClFN2O3S. The first kappa shape index (κ1) is 20.8. The molecule has 1 amide bonds. The van der Waals surface area contributed by atoms with Gasteiger partial charge in [-0.1, -0.05) is 41.9 Å². The normalized spacial score (nSPS) is 11.1. The van der Waals surface area contributed by atoms with E-state index < -0.39 is 15.8 Å². The van der Waals surface area contributed by atoms with Crippen molar-refractivity contribution in [3.05, 3.63) is 94.8 Å². The smallest absolute Gasteiger partial charge is 0.261 e. The van der Waals surface area contributed by atoms with Crippen LogP contribution in [0.4, 0.5) is 10.1 Å². The SMILES string of the molecule is CN(Cc1ccccc1Cl)C(=O)c1ccc(S(=O)(=O)Nc2ccccc2F)cc1. The maximum Gasteiger partial charge on any atom is 0.261 e. The van der Waals surface area contributed by atoms with Crippen molar-refractivity contribution < 1.29 is 17.6 Å². The van der Waals surface area contributed by atoms with Crippen LogP contribution in [0.5, 0.6) is 0 Å². The van der Waals surface area contributed by atoms with Gasteiger partial charge in [-0.25, -0.2) is 12.8 Å². The lowest BCUT2D eigenvalue weighted by molar-refractivity contribution is 0.0785. The van der Waals surface area contributed by atoms with E-state index in [2.05, 4.69) is 4.72 Å². The van der Waals surface area contributed by atoms with Gasteiger partial charge in [0.05, 0.1) is 10.6 Å². The molecule has 0 atom stereocenters. The molecule has 0 unspecified atom stereocenters. The van der Waals surface area contributed by atoms with Crippen molar-refractivity contribution in [2.75, 3.05) is 11.8 Å². The minimum absolute atomic E-state index is 0.0777. The maximum absolute atomic E-state index is 13.7. The number of anilines is 1. The number of benzene rings is 3. The Hall–Kier alpha value is -2.90. The van der Waals surface area contributed by atoms with Crippen LogP contribution in [0, 0.1) is 5.82 Å². The van der Waals surface area contributed by atoms with Crippen LogP contribution in [-0.2, 0) is 16.6 Å². The highest BCUT2D eigenvalue weighted by Gasteiger charge is 2.18. The predicted octanol–water partition coefficient (Wildman–Crippen LogP) is 4.55. The molecule has 0 aromatic heterocycles. The molecule has 0 aliphatic carbocycles. The Labute approximate surface area is 173 Å². The summed E-state index contributed by atoms with van der Waals surface area (Å²) in [6.07, 6.45) is 0. The van der Waals surface area contributed by atoms with E-state index in [-0.39, 0.29) is 16.5 Å². The van der Waals surface area contributed by atoms with Crippen molar-refractivity contribution in [2.24, 2.45) is 0 Å². The number of nitrogens with zero attached hydrogens (tertiary/aromatic N) is 1. The third kappa shape index (κ3) is 4.93. The number of hydrogen-bond acceptors (Lipinski definition) is 3. The molecule has 150 valence electrons. The van der Waals surface area contributed by atoms with E-state index in [1.54, 1.807) is 13.1 Å². The van der Waals surface area contributed by atoms with Gasteiger partial charge < -0.3 is 4.90 Å². The predicted molar refractivity (Wildman–Crippen MR) is 111 cm³/mol. The molecule has 0 radical (unpaired) electrons. The summed E-state index contributed by atoms with van der Waals surface area (Å²) >= 11 is 6.13. The van der Waals surface area contributed by atoms with E-state index in [1.807, 2.05) is 18.2 Å². The summed E-state index contributed by atoms with van der Waals surface area (Å²) in [6, 6.07) is 18.1. The lowest BCUT2D eigenvalue weighted by Crippen LogP contribution is -2.26. The maximum atomic E-state index is 13.7. The van der Waals surface area contributed by atoms with Crippen LogP contribution >= 0.6 is 11.6 Å². The fourth-order valence-corrected chi connectivity index (χ4v) is 3.96. The molecule has 0 aliphatic rings. The van der Waals surface area contributed by atoms with Gasteiger partial charge in [0.15, 0.2) is 0 Å². The van der Waals surface area contributed by atoms with Crippen molar-refractivity contribution >= 4 is 33.2 Å². The molecule has 3 aromatic carbocycles. The zero-order valence-electron chi connectivity index (χ0n) is 15.5. The van der Waals surface area contributed by atoms with Gasteiger partial charge in [0.1, 0.15) is 5.82 Å². The highest BCUT2D eigenvalue weighted by Crippen LogP contribution is 2.21. The zero-order chi connectivity index (χ0) is 21.0. The molecule has 1 N–H and O–H groups in total. The molecule has 0 spiro atoms. The zero-order valence-corrected chi connectivity index (χ0v) is 17.0. The van der Waals surface area contributed by atoms with Gasteiger partial charge in [-0.2, -0.15) is 0 Å². The molecule has 0 saturated carbocycles. The summed E-state index contributed by atoms with van der Waals surface area (Å²) in [7, 11) is -2.35. The number of carbonyl (C=O) groups excluding carboxylic acids is 1. The fraction of sp³-hybridized carbons (Fsp3) is 0.0952. The Kier molecular flexibility index (Phi) is 6.20. The van der Waals surface area contributed by atoms with E-state index in [4.69, 9.17) is 11.6 Å². The van der Waals surface area contributed by atoms with Crippen LogP contribution in [0.2, 0.25) is 5.02 Å². The average molecular weight is 433 g/mol. The van der Waals surface area contributed by atoms with Crippen LogP contribution in [0.25, 0.3) is 0 Å². The number of sulfonamides is 1. The first-order chi connectivity index (χ1) is 13.8. The van der Waals surface area contributed by atoms with E-state index in [1.165, 1.54) is 47.4 Å². The molecule has 0 heterocycles. The standard InChI is InChI=1S/C21H18ClFN2O3S/c1-25(14-16-6-2-3-7-18(16)22)21(26)15-10-12-17(13-11-15)29(27,28)24-20-9-5-4-8-19(20)23/h2-13,24H,14H2,1H3. The Bertz CT molecular complexity index is 1130. The fourth-order valence-electron chi connectivity index (χ4n) is 2.70. The molecule has 0 bridgehead atoms. The second-order valence-corrected chi connectivity index (χ2v) is 8.45. The molecule has 8 heteroatoms. The summed E-state index contributed by atoms with van der Waals surface area (Å²) < 4.78 is 40.8. The van der Waals surface area contributed by atoms with E-state index in [0.29, 0.717) is 17.1 Å². The average Bonchev–Trinajstić information content (AvgIpc) is 2.71. The number of halogens is 2. The van der Waals surface area contributed by atoms with E-state index in [9.17, 15) is 17.6 Å². The number of hydrogen-bond donors (Lipinski definition) is 1. The molecule has 0 fully saturated rings. The number of para-hydroxylation sites is 1. The second kappa shape index (κ2) is 8.63. The quantitative estimate of drug-likeness (QED) is 0.621. The van der Waals surface area contributed by atoms with E-state index in [0.717, 1.165) is 11.6 Å². The molecule has 5 nitrogen and oxygen atoms in total. The van der Waals surface area contributed by atoms with Crippen molar-refractivity contribution in [2.45, 2.75) is 11.4 Å². The Morgan fingerprint density at radius 2 is 1.62 bits per heavy atom. The van der Waals surface area contributed by atoms with Crippen molar-refractivity contribution in [3.8, 4) is 0 Å². The highest BCUT2D eigenvalue weighted by molar-refractivity contribution is 7.92. The first-order valence-corrected chi connectivity index (χ1v) is 10.5. The minimum atomic E-state index is -3.99. The lowest BCUT2D eigenvalue weighted by atomic mass is 10.1. The molecule has 3 aromatic rings. The Morgan fingerprint density at radius 1 is 1.00 bits per heavy atom. The Balaban J connectivity index is 1.74. The van der Waals surface area contributed by atoms with Crippen LogP contribution in [0.3, 0.4) is 0 Å². The molecular weight excluding hydrogens is 415 g/mol. The van der Waals surface area contributed by atoms with Gasteiger partial charge in [0.25, 0.3) is 15.9 Å². The van der Waals surface area contributed by atoms with Crippen LogP contribution in [0.1, 0.15) is 15.9 Å². The van der Waals surface area contributed by atoms with E-state index >= 15 is 0 Å². The van der Waals surface area contributed by atoms with Crippen molar-refractivity contribution in [3.63, 3.8) is 0 Å². The molecule has 0 aliphatic heterocycles. The van der Waals surface area contributed by atoms with Crippen LogP contribution in [0.15, 0.2) is 77.7 Å². The topological polar surface area (TPSA) is 66.5 Å². The minimum Gasteiger partial charge on any atom is -0.337 e. The van der Waals surface area contributed by atoms with Gasteiger partial charge in [-0.05, 0) is 48.0 Å². The summed E-state index contributed by atoms with van der Waals surface area (Å²) in [5, 5.41) is 0.563. The van der Waals surface area contributed by atoms with Crippen molar-refractivity contribution in [1.82, 2.24) is 4.90 Å². The van der Waals surface area contributed by atoms with Gasteiger partial charge in [-0.15, -0.1) is 0 Å². The van der Waals surface area contributed by atoms with Gasteiger partial charge in [0, 0.05) is 24.2 Å². The van der Waals surface area contributed by atoms with Gasteiger partial charge >= 0.3 is 0 Å². The molecule has 3 rings (SSSR count). The van der Waals surface area contributed by atoms with Crippen molar-refractivity contribution in [1.29, 1.82) is 0 Å². The number of nitrogens with one attached hydrogen (secondary N) is 1. The lowest BCUT2D eigenvalue weighted by Gasteiger charge is -2.18. The number of rotatable bonds is 6. The third-order valence-electron chi connectivity index (χ3n) is 4.24. The summed E-state index contributed by atoms with van der Waals surface area (Å²) in [5.74, 6) is -0.958. The van der Waals surface area contributed by atoms with Gasteiger partial charge in [-0.3, -0.25) is 9.52 Å².